The summed E-state index contributed by atoms with van der Waals surface area (Å²) in [6.07, 6.45) is 8.80. The summed E-state index contributed by atoms with van der Waals surface area (Å²) in [7, 11) is 0. The molecular formula is C24H38O4. The van der Waals surface area contributed by atoms with Gasteiger partial charge < -0.3 is 10.2 Å². The highest BCUT2D eigenvalue weighted by Gasteiger charge is 2.62. The average Bonchev–Trinajstić information content (AvgIpc) is 2.99. The lowest BCUT2D eigenvalue weighted by Gasteiger charge is -2.60. The molecule has 0 aromatic carbocycles. The Bertz CT molecular complexity index is 645. The number of carbonyl (C=O) groups is 2. The fraction of sp³-hybridized carbons (Fsp3) is 0.917. The van der Waals surface area contributed by atoms with Gasteiger partial charge in [-0.2, -0.15) is 0 Å². The van der Waals surface area contributed by atoms with E-state index in [9.17, 15) is 14.7 Å². The van der Waals surface area contributed by atoms with Gasteiger partial charge in [-0.1, -0.05) is 20.8 Å². The molecule has 158 valence electrons. The lowest BCUT2D eigenvalue weighted by molar-refractivity contribution is -0.160. The molecule has 4 fully saturated rings. The number of fused-ring (bicyclic) bond motifs is 5. The van der Waals surface area contributed by atoms with E-state index >= 15 is 0 Å². The van der Waals surface area contributed by atoms with Crippen LogP contribution in [0.3, 0.4) is 0 Å². The number of carboxylic acid groups (broad SMARTS) is 1. The van der Waals surface area contributed by atoms with Crippen LogP contribution in [0.2, 0.25) is 0 Å². The molecule has 0 bridgehead atoms. The lowest BCUT2D eigenvalue weighted by atomic mass is 9.44. The quantitative estimate of drug-likeness (QED) is 0.730. The zero-order valence-electron chi connectivity index (χ0n) is 17.8. The van der Waals surface area contributed by atoms with Crippen LogP contribution in [0.5, 0.6) is 0 Å². The molecule has 4 aliphatic carbocycles. The van der Waals surface area contributed by atoms with Crippen LogP contribution < -0.4 is 0 Å². The van der Waals surface area contributed by atoms with Crippen molar-refractivity contribution in [3.8, 4) is 0 Å². The molecular weight excluding hydrogens is 352 g/mol. The van der Waals surface area contributed by atoms with E-state index in [0.717, 1.165) is 19.3 Å². The van der Waals surface area contributed by atoms with Gasteiger partial charge in [0.25, 0.3) is 0 Å². The van der Waals surface area contributed by atoms with Gasteiger partial charge in [0.15, 0.2) is 0 Å². The van der Waals surface area contributed by atoms with Crippen molar-refractivity contribution in [1.82, 2.24) is 0 Å². The summed E-state index contributed by atoms with van der Waals surface area (Å²) in [6, 6.07) is 0. The van der Waals surface area contributed by atoms with Gasteiger partial charge in [-0.3, -0.25) is 9.59 Å². The van der Waals surface area contributed by atoms with Gasteiger partial charge in [0, 0.05) is 18.8 Å². The van der Waals surface area contributed by atoms with Crippen molar-refractivity contribution in [3.05, 3.63) is 0 Å². The Morgan fingerprint density at radius 3 is 2.50 bits per heavy atom. The zero-order valence-corrected chi connectivity index (χ0v) is 17.8. The number of rotatable bonds is 4. The molecule has 0 saturated heterocycles. The predicted octanol–water partition coefficient (Wildman–Crippen LogP) is 4.69. The minimum absolute atomic E-state index is 0.0635. The third-order valence-corrected chi connectivity index (χ3v) is 10.0. The SMILES string of the molecule is C[C@H](CCC(=O)O)[C@H]1CC[C@H]2[C@@H]3CC(=O)[C@@H]4CC(O)CC[C@]4(C)[C@H]3CC[C@]12C. The van der Waals surface area contributed by atoms with E-state index < -0.39 is 5.97 Å². The third-order valence-electron chi connectivity index (χ3n) is 10.0. The smallest absolute Gasteiger partial charge is 0.303 e. The van der Waals surface area contributed by atoms with Gasteiger partial charge in [-0.25, -0.2) is 0 Å². The second kappa shape index (κ2) is 7.11. The topological polar surface area (TPSA) is 74.6 Å². The van der Waals surface area contributed by atoms with Crippen molar-refractivity contribution in [1.29, 1.82) is 0 Å². The van der Waals surface area contributed by atoms with E-state index in [1.165, 1.54) is 25.7 Å². The van der Waals surface area contributed by atoms with E-state index in [1.54, 1.807) is 0 Å². The number of ketones is 1. The van der Waals surface area contributed by atoms with Crippen LogP contribution >= 0.6 is 0 Å². The average molecular weight is 391 g/mol. The fourth-order valence-electron chi connectivity index (χ4n) is 8.55. The molecule has 4 nitrogen and oxygen atoms in total. The van der Waals surface area contributed by atoms with Crippen molar-refractivity contribution in [2.75, 3.05) is 0 Å². The van der Waals surface area contributed by atoms with E-state index in [1.807, 2.05) is 0 Å². The van der Waals surface area contributed by atoms with E-state index in [0.29, 0.717) is 48.2 Å². The molecule has 0 aromatic rings. The highest BCUT2D eigenvalue weighted by atomic mass is 16.4. The van der Waals surface area contributed by atoms with Crippen LogP contribution in [0.4, 0.5) is 0 Å². The fourth-order valence-corrected chi connectivity index (χ4v) is 8.55. The summed E-state index contributed by atoms with van der Waals surface area (Å²) in [5.74, 6) is 2.54. The van der Waals surface area contributed by atoms with Crippen LogP contribution in [0, 0.1) is 46.3 Å². The molecule has 4 rings (SSSR count). The maximum atomic E-state index is 13.1. The first-order chi connectivity index (χ1) is 13.2. The van der Waals surface area contributed by atoms with E-state index in [4.69, 9.17) is 5.11 Å². The summed E-state index contributed by atoms with van der Waals surface area (Å²) < 4.78 is 0. The number of aliphatic hydroxyl groups is 1. The zero-order chi connectivity index (χ0) is 20.3. The Morgan fingerprint density at radius 2 is 1.79 bits per heavy atom. The molecule has 2 N–H and O–H groups in total. The molecule has 28 heavy (non-hydrogen) atoms. The minimum Gasteiger partial charge on any atom is -0.481 e. The molecule has 0 heterocycles. The van der Waals surface area contributed by atoms with Crippen LogP contribution in [0.25, 0.3) is 0 Å². The van der Waals surface area contributed by atoms with Gasteiger partial charge in [0.05, 0.1) is 6.10 Å². The van der Waals surface area contributed by atoms with E-state index in [2.05, 4.69) is 20.8 Å². The molecule has 1 unspecified atom stereocenters. The number of hydrogen-bond acceptors (Lipinski definition) is 3. The van der Waals surface area contributed by atoms with Gasteiger partial charge in [0.1, 0.15) is 5.78 Å². The number of Topliss-reactive ketones (excluding diaryl/α,β-unsaturated/α-hetero) is 1. The maximum absolute atomic E-state index is 13.1. The first-order valence-corrected chi connectivity index (χ1v) is 11.6. The molecule has 4 aliphatic rings. The first kappa shape index (κ1) is 20.4. The Morgan fingerprint density at radius 1 is 1.11 bits per heavy atom. The molecule has 0 spiro atoms. The number of carbonyl (C=O) groups excluding carboxylic acids is 1. The van der Waals surface area contributed by atoms with E-state index in [-0.39, 0.29) is 29.3 Å². The second-order valence-corrected chi connectivity index (χ2v) is 11.2. The summed E-state index contributed by atoms with van der Waals surface area (Å²) in [5, 5.41) is 19.2. The summed E-state index contributed by atoms with van der Waals surface area (Å²) >= 11 is 0. The monoisotopic (exact) mass is 390 g/mol. The molecule has 4 heteroatoms. The van der Waals surface area contributed by atoms with Crippen molar-refractivity contribution in [2.24, 2.45) is 46.3 Å². The van der Waals surface area contributed by atoms with Crippen LogP contribution in [-0.2, 0) is 9.59 Å². The second-order valence-electron chi connectivity index (χ2n) is 11.2. The predicted molar refractivity (Wildman–Crippen MR) is 108 cm³/mol. The highest BCUT2D eigenvalue weighted by Crippen LogP contribution is 2.67. The molecule has 9 atom stereocenters. The van der Waals surface area contributed by atoms with Crippen LogP contribution in [-0.4, -0.2) is 28.1 Å². The Balaban J connectivity index is 1.55. The number of carboxylic acids is 1. The Kier molecular flexibility index (Phi) is 5.17. The molecule has 0 radical (unpaired) electrons. The number of aliphatic carboxylic acids is 1. The Hall–Kier alpha value is -0.900. The Labute approximate surface area is 169 Å². The van der Waals surface area contributed by atoms with Gasteiger partial charge >= 0.3 is 5.97 Å². The number of aliphatic hydroxyl groups excluding tert-OH is 1. The van der Waals surface area contributed by atoms with Crippen molar-refractivity contribution >= 4 is 11.8 Å². The standard InChI is InChI=1S/C24H38O4/c1-14(4-7-22(27)28)17-5-6-18-16-13-21(26)20-12-15(25)8-10-24(20,3)19(16)9-11-23(17,18)2/h14-20,25H,4-13H2,1-3H3,(H,27,28)/t14-,15?,16+,17-,18+,19+,20+,23-,24-/m1/s1. The van der Waals surface area contributed by atoms with Crippen molar-refractivity contribution < 1.29 is 19.8 Å². The van der Waals surface area contributed by atoms with Crippen molar-refractivity contribution in [2.45, 2.75) is 91.1 Å². The molecule has 0 aromatic heterocycles. The largest absolute Gasteiger partial charge is 0.481 e. The van der Waals surface area contributed by atoms with Gasteiger partial charge in [-0.15, -0.1) is 0 Å². The summed E-state index contributed by atoms with van der Waals surface area (Å²) in [4.78, 5) is 24.2. The van der Waals surface area contributed by atoms with Gasteiger partial charge in [0.2, 0.25) is 0 Å². The lowest BCUT2D eigenvalue weighted by Crippen LogP contribution is -2.57. The summed E-state index contributed by atoms with van der Waals surface area (Å²) in [5.41, 5.74) is 0.338. The summed E-state index contributed by atoms with van der Waals surface area (Å²) in [6.45, 7) is 7.05. The minimum atomic E-state index is -0.688. The van der Waals surface area contributed by atoms with Crippen molar-refractivity contribution in [3.63, 3.8) is 0 Å². The molecule has 4 saturated carbocycles. The maximum Gasteiger partial charge on any atom is 0.303 e. The molecule has 0 amide bonds. The third kappa shape index (κ3) is 3.05. The molecule has 0 aliphatic heterocycles. The van der Waals surface area contributed by atoms with Crippen LogP contribution in [0.1, 0.15) is 85.0 Å². The first-order valence-electron chi connectivity index (χ1n) is 11.6. The van der Waals surface area contributed by atoms with Crippen LogP contribution in [0.15, 0.2) is 0 Å². The normalized spacial score (nSPS) is 49.1. The highest BCUT2D eigenvalue weighted by molar-refractivity contribution is 5.83. The van der Waals surface area contributed by atoms with Gasteiger partial charge in [-0.05, 0) is 91.8 Å². The number of hydrogen-bond donors (Lipinski definition) is 2.